The summed E-state index contributed by atoms with van der Waals surface area (Å²) in [5.74, 6) is 2.06. The third-order valence-corrected chi connectivity index (χ3v) is 5.83. The highest BCUT2D eigenvalue weighted by Gasteiger charge is 2.14. The van der Waals surface area contributed by atoms with Crippen LogP contribution in [0.25, 0.3) is 17.0 Å². The highest BCUT2D eigenvalue weighted by atomic mass is 32.2. The molecule has 2 heterocycles. The van der Waals surface area contributed by atoms with E-state index < -0.39 is 0 Å². The standard InChI is InChI=1S/C24H23FN4O2S.C2H6.C2H2/c1-3-19(20-9-5-4-8-16(20)2)23-28-29-24(31-23)32-15-7-6-10-21-26-27-22(30-21)17-11-13-18(25)14-12-17;2*1-2/h3-5,8-9,11-14H,6-7,10,15H2,1-2H3;1-2H3;1-2H/b19-3+;;. The lowest BCUT2D eigenvalue weighted by Crippen LogP contribution is -1.91. The van der Waals surface area contributed by atoms with E-state index in [1.807, 2.05) is 39.0 Å². The first-order chi connectivity index (χ1) is 17.6. The predicted octanol–water partition coefficient (Wildman–Crippen LogP) is 7.41. The Morgan fingerprint density at radius 2 is 1.67 bits per heavy atom. The van der Waals surface area contributed by atoms with Gasteiger partial charge >= 0.3 is 0 Å². The van der Waals surface area contributed by atoms with Gasteiger partial charge in [0.25, 0.3) is 5.22 Å². The van der Waals surface area contributed by atoms with E-state index in [-0.39, 0.29) is 5.82 Å². The summed E-state index contributed by atoms with van der Waals surface area (Å²) in [5.41, 5.74) is 3.90. The van der Waals surface area contributed by atoms with Crippen molar-refractivity contribution in [1.29, 1.82) is 0 Å². The number of rotatable bonds is 9. The molecule has 0 aliphatic heterocycles. The molecule has 0 saturated carbocycles. The normalized spacial score (nSPS) is 10.7. The minimum Gasteiger partial charge on any atom is -0.421 e. The van der Waals surface area contributed by atoms with Crippen molar-refractivity contribution in [2.75, 3.05) is 5.75 Å². The Bertz CT molecular complexity index is 1250. The van der Waals surface area contributed by atoms with Crippen molar-refractivity contribution in [3.05, 3.63) is 83.3 Å². The minimum absolute atomic E-state index is 0.295. The number of aromatic nitrogens is 4. The number of aryl methyl sites for hydroxylation is 2. The average molecular weight is 507 g/mol. The quantitative estimate of drug-likeness (QED) is 0.133. The second kappa shape index (κ2) is 15.3. The van der Waals surface area contributed by atoms with Crippen LogP contribution in [0.4, 0.5) is 4.39 Å². The molecule has 0 atom stereocenters. The van der Waals surface area contributed by atoms with Crippen molar-refractivity contribution in [1.82, 2.24) is 20.4 Å². The molecule has 4 aromatic rings. The van der Waals surface area contributed by atoms with E-state index in [9.17, 15) is 4.39 Å². The molecule has 0 unspecified atom stereocenters. The Morgan fingerprint density at radius 3 is 2.36 bits per heavy atom. The molecule has 0 aliphatic carbocycles. The van der Waals surface area contributed by atoms with E-state index in [1.54, 1.807) is 12.1 Å². The summed E-state index contributed by atoms with van der Waals surface area (Å²) in [6.07, 6.45) is 12.5. The molecule has 188 valence electrons. The monoisotopic (exact) mass is 506 g/mol. The third-order valence-electron chi connectivity index (χ3n) is 4.93. The molecule has 0 radical (unpaired) electrons. The molecule has 2 aromatic carbocycles. The molecule has 0 bridgehead atoms. The van der Waals surface area contributed by atoms with Crippen molar-refractivity contribution < 1.29 is 13.2 Å². The lowest BCUT2D eigenvalue weighted by Gasteiger charge is -2.06. The Balaban J connectivity index is 0.00000109. The van der Waals surface area contributed by atoms with Crippen molar-refractivity contribution >= 4 is 17.3 Å². The van der Waals surface area contributed by atoms with Crippen molar-refractivity contribution in [3.8, 4) is 24.3 Å². The van der Waals surface area contributed by atoms with Crippen molar-refractivity contribution in [2.45, 2.75) is 52.2 Å². The van der Waals surface area contributed by atoms with Crippen LogP contribution in [0.5, 0.6) is 0 Å². The molecule has 0 N–H and O–H groups in total. The molecule has 4 rings (SSSR count). The van der Waals surface area contributed by atoms with Gasteiger partial charge in [0.2, 0.25) is 17.7 Å². The van der Waals surface area contributed by atoms with Gasteiger partial charge in [-0.2, -0.15) is 0 Å². The molecule has 0 saturated heterocycles. The molecule has 8 heteroatoms. The van der Waals surface area contributed by atoms with Gasteiger partial charge in [-0.3, -0.25) is 0 Å². The van der Waals surface area contributed by atoms with Crippen LogP contribution in [-0.4, -0.2) is 26.1 Å². The van der Waals surface area contributed by atoms with Gasteiger partial charge in [0.15, 0.2) is 0 Å². The first-order valence-corrected chi connectivity index (χ1v) is 12.7. The van der Waals surface area contributed by atoms with Gasteiger partial charge in [-0.15, -0.1) is 33.2 Å². The highest BCUT2D eigenvalue weighted by Crippen LogP contribution is 2.28. The Labute approximate surface area is 216 Å². The number of allylic oxidation sites excluding steroid dienone is 1. The van der Waals surface area contributed by atoms with Gasteiger partial charge in [0, 0.05) is 23.3 Å². The van der Waals surface area contributed by atoms with E-state index in [0.717, 1.165) is 35.3 Å². The van der Waals surface area contributed by atoms with Gasteiger partial charge in [0.05, 0.1) is 0 Å². The molecule has 0 amide bonds. The number of hydrogen-bond acceptors (Lipinski definition) is 7. The van der Waals surface area contributed by atoms with Gasteiger partial charge in [-0.1, -0.05) is 56.0 Å². The van der Waals surface area contributed by atoms with Gasteiger partial charge in [-0.25, -0.2) is 4.39 Å². The molecule has 0 spiro atoms. The Kier molecular flexibility index (Phi) is 12.1. The summed E-state index contributed by atoms with van der Waals surface area (Å²) in [5, 5.41) is 17.1. The van der Waals surface area contributed by atoms with E-state index in [4.69, 9.17) is 8.83 Å². The summed E-state index contributed by atoms with van der Waals surface area (Å²) in [6.45, 7) is 8.04. The number of unbranched alkanes of at least 4 members (excludes halogenated alkanes) is 1. The summed E-state index contributed by atoms with van der Waals surface area (Å²) in [7, 11) is 0. The van der Waals surface area contributed by atoms with Crippen LogP contribution >= 0.6 is 11.8 Å². The predicted molar refractivity (Wildman–Crippen MR) is 143 cm³/mol. The summed E-state index contributed by atoms with van der Waals surface area (Å²) in [4.78, 5) is 0. The zero-order valence-corrected chi connectivity index (χ0v) is 21.9. The zero-order valence-electron chi connectivity index (χ0n) is 21.1. The molecule has 36 heavy (non-hydrogen) atoms. The van der Waals surface area contributed by atoms with E-state index >= 15 is 0 Å². The first-order valence-electron chi connectivity index (χ1n) is 11.7. The fourth-order valence-electron chi connectivity index (χ4n) is 3.25. The number of hydrogen-bond donors (Lipinski definition) is 0. The molecular weight excluding hydrogens is 475 g/mol. The smallest absolute Gasteiger partial charge is 0.276 e. The number of terminal acetylenes is 1. The van der Waals surface area contributed by atoms with E-state index in [1.165, 1.54) is 23.9 Å². The maximum Gasteiger partial charge on any atom is 0.276 e. The van der Waals surface area contributed by atoms with E-state index in [0.29, 0.717) is 34.9 Å². The molecule has 6 nitrogen and oxygen atoms in total. The van der Waals surface area contributed by atoms with Crippen LogP contribution in [0.1, 0.15) is 56.5 Å². The van der Waals surface area contributed by atoms with Gasteiger partial charge in [0.1, 0.15) is 5.82 Å². The van der Waals surface area contributed by atoms with Crippen molar-refractivity contribution in [2.24, 2.45) is 0 Å². The lowest BCUT2D eigenvalue weighted by atomic mass is 10.0. The van der Waals surface area contributed by atoms with Crippen LogP contribution < -0.4 is 0 Å². The second-order valence-electron chi connectivity index (χ2n) is 7.20. The van der Waals surface area contributed by atoms with Crippen molar-refractivity contribution in [3.63, 3.8) is 0 Å². The van der Waals surface area contributed by atoms with Crippen LogP contribution in [0.15, 0.2) is 68.7 Å². The Morgan fingerprint density at radius 1 is 0.944 bits per heavy atom. The van der Waals surface area contributed by atoms with E-state index in [2.05, 4.69) is 52.3 Å². The summed E-state index contributed by atoms with van der Waals surface area (Å²) >= 11 is 1.54. The molecule has 0 aliphatic rings. The van der Waals surface area contributed by atoms with Gasteiger partial charge in [-0.05, 0) is 62.1 Å². The first kappa shape index (κ1) is 28.5. The van der Waals surface area contributed by atoms with Crippen LogP contribution in [0.2, 0.25) is 0 Å². The maximum atomic E-state index is 13.0. The number of benzene rings is 2. The number of thioether (sulfide) groups is 1. The van der Waals surface area contributed by atoms with Crippen LogP contribution in [-0.2, 0) is 6.42 Å². The number of nitrogens with zero attached hydrogens (tertiary/aromatic N) is 4. The molecule has 2 aromatic heterocycles. The third kappa shape index (κ3) is 7.92. The fourth-order valence-corrected chi connectivity index (χ4v) is 4.01. The fraction of sp³-hybridized carbons (Fsp3) is 0.286. The van der Waals surface area contributed by atoms with Crippen LogP contribution in [0, 0.1) is 25.6 Å². The van der Waals surface area contributed by atoms with Gasteiger partial charge < -0.3 is 8.83 Å². The Hall–Kier alpha value is -3.70. The minimum atomic E-state index is -0.295. The lowest BCUT2D eigenvalue weighted by molar-refractivity contribution is 0.443. The van der Waals surface area contributed by atoms with Crippen LogP contribution in [0.3, 0.4) is 0 Å². The molecular formula is C28H31FN4O2S. The molecule has 0 fully saturated rings. The SMILES string of the molecule is C#C.C/C=C(/c1nnc(SCCCCc2nnc(-c3ccc(F)cc3)o2)o1)c1ccccc1C.CC. The topological polar surface area (TPSA) is 77.8 Å². The highest BCUT2D eigenvalue weighted by molar-refractivity contribution is 7.99. The second-order valence-corrected chi connectivity index (χ2v) is 8.25. The summed E-state index contributed by atoms with van der Waals surface area (Å²) < 4.78 is 24.6. The average Bonchev–Trinajstić information content (AvgIpc) is 3.59. The largest absolute Gasteiger partial charge is 0.421 e. The number of halogens is 1. The summed E-state index contributed by atoms with van der Waals surface area (Å²) in [6, 6.07) is 14.1. The zero-order chi connectivity index (χ0) is 26.3. The maximum absolute atomic E-state index is 13.0.